The van der Waals surface area contributed by atoms with E-state index in [1.54, 1.807) is 0 Å². The molecule has 1 heterocycles. The minimum Gasteiger partial charge on any atom is -0.368 e. The van der Waals surface area contributed by atoms with Crippen LogP contribution in [0.1, 0.15) is 20.3 Å². The minimum absolute atomic E-state index is 0.0827. The average molecular weight is 348 g/mol. The van der Waals surface area contributed by atoms with Gasteiger partial charge in [0.25, 0.3) is 0 Å². The highest BCUT2D eigenvalue weighted by Crippen LogP contribution is 2.24. The molecule has 0 aliphatic carbocycles. The third-order valence-corrected chi connectivity index (χ3v) is 3.97. The lowest BCUT2D eigenvalue weighted by Gasteiger charge is -2.12. The first-order valence-corrected chi connectivity index (χ1v) is 8.96. The van der Waals surface area contributed by atoms with Gasteiger partial charge in [-0.05, 0) is 18.1 Å². The first-order chi connectivity index (χ1) is 12.6. The van der Waals surface area contributed by atoms with Crippen LogP contribution in [0, 0.1) is 5.92 Å². The van der Waals surface area contributed by atoms with Gasteiger partial charge in [-0.2, -0.15) is 0 Å². The van der Waals surface area contributed by atoms with Crippen molar-refractivity contribution >= 4 is 22.6 Å². The van der Waals surface area contributed by atoms with Crippen molar-refractivity contribution in [1.82, 2.24) is 15.3 Å². The highest BCUT2D eigenvalue weighted by molar-refractivity contribution is 5.90. The number of hydrogen-bond donors (Lipinski definition) is 2. The molecular formula is C21H24N4O. The number of para-hydroxylation sites is 1. The van der Waals surface area contributed by atoms with Gasteiger partial charge in [0.15, 0.2) is 5.82 Å². The van der Waals surface area contributed by atoms with E-state index in [0.29, 0.717) is 31.3 Å². The van der Waals surface area contributed by atoms with Crippen LogP contribution in [0.25, 0.3) is 22.3 Å². The number of fused-ring (bicyclic) bond motifs is 1. The Hall–Kier alpha value is -2.95. The standard InChI is InChI=1S/C21H24N4O/c1-15(2)14-19(26)22-12-13-23-21-17-10-6-7-11-18(17)24-20(25-21)16-8-4-3-5-9-16/h3-11,15H,12-14H2,1-2H3,(H,22,26)(H,23,24,25). The quantitative estimate of drug-likeness (QED) is 0.636. The van der Waals surface area contributed by atoms with Crippen molar-refractivity contribution in [3.8, 4) is 11.4 Å². The molecule has 2 N–H and O–H groups in total. The van der Waals surface area contributed by atoms with Crippen molar-refractivity contribution in [3.05, 3.63) is 54.6 Å². The normalized spacial score (nSPS) is 10.9. The summed E-state index contributed by atoms with van der Waals surface area (Å²) in [4.78, 5) is 21.1. The molecule has 0 saturated heterocycles. The van der Waals surface area contributed by atoms with Crippen LogP contribution in [0.4, 0.5) is 5.82 Å². The van der Waals surface area contributed by atoms with Crippen molar-refractivity contribution < 1.29 is 4.79 Å². The first-order valence-electron chi connectivity index (χ1n) is 8.96. The van der Waals surface area contributed by atoms with Crippen LogP contribution in [0.2, 0.25) is 0 Å². The van der Waals surface area contributed by atoms with Crippen molar-refractivity contribution in [1.29, 1.82) is 0 Å². The number of carbonyl (C=O) groups excluding carboxylic acids is 1. The summed E-state index contributed by atoms with van der Waals surface area (Å²) in [6.07, 6.45) is 0.550. The molecule has 26 heavy (non-hydrogen) atoms. The summed E-state index contributed by atoms with van der Waals surface area (Å²) in [6, 6.07) is 17.9. The molecule has 2 aromatic carbocycles. The summed E-state index contributed by atoms with van der Waals surface area (Å²) in [6.45, 7) is 5.25. The van der Waals surface area contributed by atoms with E-state index in [1.807, 2.05) is 68.4 Å². The molecule has 5 heteroatoms. The Morgan fingerprint density at radius 1 is 0.962 bits per heavy atom. The molecule has 0 spiro atoms. The van der Waals surface area contributed by atoms with E-state index in [0.717, 1.165) is 22.3 Å². The lowest BCUT2D eigenvalue weighted by molar-refractivity contribution is -0.121. The highest BCUT2D eigenvalue weighted by atomic mass is 16.1. The number of hydrogen-bond acceptors (Lipinski definition) is 4. The summed E-state index contributed by atoms with van der Waals surface area (Å²) in [7, 11) is 0. The van der Waals surface area contributed by atoms with Gasteiger partial charge in [0.05, 0.1) is 5.52 Å². The van der Waals surface area contributed by atoms with E-state index in [1.165, 1.54) is 0 Å². The maximum atomic E-state index is 11.8. The highest BCUT2D eigenvalue weighted by Gasteiger charge is 2.09. The van der Waals surface area contributed by atoms with Gasteiger partial charge in [-0.1, -0.05) is 56.3 Å². The number of nitrogens with zero attached hydrogens (tertiary/aromatic N) is 2. The summed E-state index contributed by atoms with van der Waals surface area (Å²) in [5.41, 5.74) is 1.87. The number of rotatable bonds is 7. The predicted octanol–water partition coefficient (Wildman–Crippen LogP) is 3.87. The van der Waals surface area contributed by atoms with Gasteiger partial charge in [0, 0.05) is 30.5 Å². The third-order valence-electron chi connectivity index (χ3n) is 3.97. The second-order valence-corrected chi connectivity index (χ2v) is 6.65. The van der Waals surface area contributed by atoms with Gasteiger partial charge in [-0.25, -0.2) is 9.97 Å². The van der Waals surface area contributed by atoms with Crippen LogP contribution < -0.4 is 10.6 Å². The Labute approximate surface area is 153 Å². The molecule has 1 aromatic heterocycles. The van der Waals surface area contributed by atoms with Gasteiger partial charge in [0.2, 0.25) is 5.91 Å². The molecule has 0 bridgehead atoms. The average Bonchev–Trinajstić information content (AvgIpc) is 2.65. The van der Waals surface area contributed by atoms with Gasteiger partial charge < -0.3 is 10.6 Å². The summed E-state index contributed by atoms with van der Waals surface area (Å²) in [5.74, 6) is 1.92. The zero-order valence-corrected chi connectivity index (χ0v) is 15.2. The molecule has 3 rings (SSSR count). The number of carbonyl (C=O) groups is 1. The van der Waals surface area contributed by atoms with Crippen molar-refractivity contribution in [2.45, 2.75) is 20.3 Å². The topological polar surface area (TPSA) is 66.9 Å². The van der Waals surface area contributed by atoms with Gasteiger partial charge in [0.1, 0.15) is 5.82 Å². The molecule has 0 aliphatic rings. The Balaban J connectivity index is 1.75. The van der Waals surface area contributed by atoms with Crippen LogP contribution >= 0.6 is 0 Å². The Kier molecular flexibility index (Phi) is 5.79. The largest absolute Gasteiger partial charge is 0.368 e. The minimum atomic E-state index is 0.0827. The summed E-state index contributed by atoms with van der Waals surface area (Å²) < 4.78 is 0. The molecule has 0 aliphatic heterocycles. The fraction of sp³-hybridized carbons (Fsp3) is 0.286. The molecule has 0 saturated carbocycles. The van der Waals surface area contributed by atoms with Crippen molar-refractivity contribution in [2.24, 2.45) is 5.92 Å². The fourth-order valence-corrected chi connectivity index (χ4v) is 2.75. The summed E-state index contributed by atoms with van der Waals surface area (Å²) in [5, 5.41) is 7.25. The van der Waals surface area contributed by atoms with Gasteiger partial charge >= 0.3 is 0 Å². The second-order valence-electron chi connectivity index (χ2n) is 6.65. The van der Waals surface area contributed by atoms with E-state index in [9.17, 15) is 4.79 Å². The van der Waals surface area contributed by atoms with E-state index in [-0.39, 0.29) is 5.91 Å². The maximum absolute atomic E-state index is 11.8. The first kappa shape index (κ1) is 17.9. The van der Waals surface area contributed by atoms with Crippen LogP contribution in [0.15, 0.2) is 54.6 Å². The smallest absolute Gasteiger partial charge is 0.220 e. The molecule has 5 nitrogen and oxygen atoms in total. The number of amides is 1. The molecule has 0 atom stereocenters. The zero-order valence-electron chi connectivity index (χ0n) is 15.2. The van der Waals surface area contributed by atoms with Gasteiger partial charge in [-0.3, -0.25) is 4.79 Å². The molecule has 3 aromatic rings. The SMILES string of the molecule is CC(C)CC(=O)NCCNc1nc(-c2ccccc2)nc2ccccc12. The van der Waals surface area contributed by atoms with E-state index in [4.69, 9.17) is 4.98 Å². The van der Waals surface area contributed by atoms with E-state index < -0.39 is 0 Å². The zero-order chi connectivity index (χ0) is 18.4. The lowest BCUT2D eigenvalue weighted by atomic mass is 10.1. The monoisotopic (exact) mass is 348 g/mol. The maximum Gasteiger partial charge on any atom is 0.220 e. The van der Waals surface area contributed by atoms with E-state index in [2.05, 4.69) is 15.6 Å². The third kappa shape index (κ3) is 4.57. The molecule has 0 radical (unpaired) electrons. The van der Waals surface area contributed by atoms with E-state index >= 15 is 0 Å². The Morgan fingerprint density at radius 2 is 1.69 bits per heavy atom. The molecule has 134 valence electrons. The van der Waals surface area contributed by atoms with Crippen LogP contribution in [0.5, 0.6) is 0 Å². The van der Waals surface area contributed by atoms with Crippen LogP contribution in [-0.4, -0.2) is 29.0 Å². The second kappa shape index (κ2) is 8.43. The Morgan fingerprint density at radius 3 is 2.46 bits per heavy atom. The van der Waals surface area contributed by atoms with Crippen molar-refractivity contribution in [2.75, 3.05) is 18.4 Å². The lowest BCUT2D eigenvalue weighted by Crippen LogP contribution is -2.29. The molecule has 0 unspecified atom stereocenters. The molecular weight excluding hydrogens is 324 g/mol. The number of benzene rings is 2. The van der Waals surface area contributed by atoms with Crippen molar-refractivity contribution in [3.63, 3.8) is 0 Å². The summed E-state index contributed by atoms with van der Waals surface area (Å²) >= 11 is 0. The number of aromatic nitrogens is 2. The van der Waals surface area contributed by atoms with Gasteiger partial charge in [-0.15, -0.1) is 0 Å². The van der Waals surface area contributed by atoms with Crippen LogP contribution in [0.3, 0.4) is 0 Å². The fourth-order valence-electron chi connectivity index (χ4n) is 2.75. The molecule has 0 fully saturated rings. The molecule has 1 amide bonds. The number of anilines is 1. The number of nitrogens with one attached hydrogen (secondary N) is 2. The predicted molar refractivity (Wildman–Crippen MR) is 106 cm³/mol. The Bertz CT molecular complexity index is 878. The van der Waals surface area contributed by atoms with Crippen LogP contribution in [-0.2, 0) is 4.79 Å².